The molecule has 3 rings (SSSR count). The van der Waals surface area contributed by atoms with Crippen LogP contribution >= 0.6 is 0 Å². The van der Waals surface area contributed by atoms with Crippen LogP contribution in [0.15, 0.2) is 24.3 Å². The van der Waals surface area contributed by atoms with Crippen LogP contribution in [0.5, 0.6) is 0 Å². The van der Waals surface area contributed by atoms with E-state index < -0.39 is 0 Å². The van der Waals surface area contributed by atoms with Crippen LogP contribution in [0.4, 0.5) is 0 Å². The molecule has 104 valence electrons. The average molecular weight is 259 g/mol. The van der Waals surface area contributed by atoms with Crippen LogP contribution in [-0.4, -0.2) is 29.6 Å². The molecule has 0 spiro atoms. The summed E-state index contributed by atoms with van der Waals surface area (Å²) in [6.07, 6.45) is 4.44. The van der Waals surface area contributed by atoms with E-state index in [0.29, 0.717) is 0 Å². The SMILES string of the molecule is CC1CC1CN(C)C1CCCc2ccccc2C1O. The number of fused-ring (bicyclic) bond motifs is 1. The molecule has 4 unspecified atom stereocenters. The Hall–Kier alpha value is -0.860. The second-order valence-electron chi connectivity index (χ2n) is 6.52. The average Bonchev–Trinajstić information content (AvgIpc) is 3.12. The van der Waals surface area contributed by atoms with Crippen molar-refractivity contribution in [1.82, 2.24) is 4.90 Å². The Balaban J connectivity index is 1.75. The molecule has 0 heterocycles. The van der Waals surface area contributed by atoms with Crippen molar-refractivity contribution in [3.63, 3.8) is 0 Å². The van der Waals surface area contributed by atoms with Crippen molar-refractivity contribution in [1.29, 1.82) is 0 Å². The lowest BCUT2D eigenvalue weighted by atomic mass is 9.98. The Morgan fingerprint density at radius 2 is 2.05 bits per heavy atom. The Morgan fingerprint density at radius 3 is 2.79 bits per heavy atom. The third-order valence-corrected chi connectivity index (χ3v) is 5.05. The number of nitrogens with zero attached hydrogens (tertiary/aromatic N) is 1. The van der Waals surface area contributed by atoms with Crippen LogP contribution in [0.1, 0.15) is 43.4 Å². The molecule has 4 atom stereocenters. The molecule has 1 aromatic rings. The molecule has 0 aliphatic heterocycles. The number of aliphatic hydroxyl groups is 1. The summed E-state index contributed by atoms with van der Waals surface area (Å²) in [6.45, 7) is 3.47. The summed E-state index contributed by atoms with van der Waals surface area (Å²) in [7, 11) is 2.19. The molecule has 1 N–H and O–H groups in total. The van der Waals surface area contributed by atoms with E-state index in [1.807, 2.05) is 6.07 Å². The van der Waals surface area contributed by atoms with Gasteiger partial charge >= 0.3 is 0 Å². The molecule has 0 radical (unpaired) electrons. The lowest BCUT2D eigenvalue weighted by Crippen LogP contribution is -2.38. The first-order valence-electron chi connectivity index (χ1n) is 7.63. The van der Waals surface area contributed by atoms with Gasteiger partial charge in [0, 0.05) is 12.6 Å². The summed E-state index contributed by atoms with van der Waals surface area (Å²) in [5.41, 5.74) is 2.49. The zero-order chi connectivity index (χ0) is 13.4. The summed E-state index contributed by atoms with van der Waals surface area (Å²) in [5.74, 6) is 1.74. The molecule has 1 aromatic carbocycles. The molecule has 0 aromatic heterocycles. The fourth-order valence-electron chi connectivity index (χ4n) is 3.54. The first-order valence-corrected chi connectivity index (χ1v) is 7.63. The van der Waals surface area contributed by atoms with Gasteiger partial charge in [0.1, 0.15) is 0 Å². The van der Waals surface area contributed by atoms with E-state index in [9.17, 15) is 5.11 Å². The molecule has 19 heavy (non-hydrogen) atoms. The van der Waals surface area contributed by atoms with E-state index in [0.717, 1.165) is 36.8 Å². The Morgan fingerprint density at radius 1 is 1.32 bits per heavy atom. The van der Waals surface area contributed by atoms with Gasteiger partial charge in [0.2, 0.25) is 0 Å². The number of likely N-dealkylation sites (N-methyl/N-ethyl adjacent to an activating group) is 1. The van der Waals surface area contributed by atoms with E-state index in [2.05, 4.69) is 37.1 Å². The van der Waals surface area contributed by atoms with E-state index >= 15 is 0 Å². The maximum atomic E-state index is 10.7. The number of rotatable bonds is 3. The highest BCUT2D eigenvalue weighted by Crippen LogP contribution is 2.40. The normalized spacial score (nSPS) is 33.9. The minimum Gasteiger partial charge on any atom is -0.387 e. The van der Waals surface area contributed by atoms with Gasteiger partial charge in [-0.2, -0.15) is 0 Å². The molecular weight excluding hydrogens is 234 g/mol. The van der Waals surface area contributed by atoms with E-state index in [4.69, 9.17) is 0 Å². The monoisotopic (exact) mass is 259 g/mol. The van der Waals surface area contributed by atoms with Crippen molar-refractivity contribution in [2.75, 3.05) is 13.6 Å². The smallest absolute Gasteiger partial charge is 0.0947 e. The van der Waals surface area contributed by atoms with Crippen molar-refractivity contribution in [3.05, 3.63) is 35.4 Å². The highest BCUT2D eigenvalue weighted by atomic mass is 16.3. The third-order valence-electron chi connectivity index (χ3n) is 5.05. The first-order chi connectivity index (χ1) is 9.16. The lowest BCUT2D eigenvalue weighted by Gasteiger charge is -2.31. The summed E-state index contributed by atoms with van der Waals surface area (Å²) in [6, 6.07) is 8.70. The van der Waals surface area contributed by atoms with Gasteiger partial charge in [0.05, 0.1) is 6.10 Å². The Labute approximate surface area is 116 Å². The van der Waals surface area contributed by atoms with Gasteiger partial charge in [-0.15, -0.1) is 0 Å². The maximum absolute atomic E-state index is 10.7. The first kappa shape index (κ1) is 13.1. The van der Waals surface area contributed by atoms with Gasteiger partial charge in [-0.1, -0.05) is 31.2 Å². The van der Waals surface area contributed by atoms with E-state index in [1.165, 1.54) is 18.4 Å². The summed E-state index contributed by atoms with van der Waals surface area (Å²) in [5, 5.41) is 10.7. The summed E-state index contributed by atoms with van der Waals surface area (Å²) < 4.78 is 0. The van der Waals surface area contributed by atoms with Crippen LogP contribution in [0.2, 0.25) is 0 Å². The predicted octanol–water partition coefficient (Wildman–Crippen LogP) is 3.01. The van der Waals surface area contributed by atoms with Crippen molar-refractivity contribution in [2.45, 2.75) is 44.8 Å². The van der Waals surface area contributed by atoms with Crippen LogP contribution in [0, 0.1) is 11.8 Å². The highest BCUT2D eigenvalue weighted by molar-refractivity contribution is 5.31. The molecule has 2 aliphatic rings. The minimum atomic E-state index is -0.322. The number of hydrogen-bond donors (Lipinski definition) is 1. The Kier molecular flexibility index (Phi) is 3.64. The predicted molar refractivity (Wildman–Crippen MR) is 78.0 cm³/mol. The standard InChI is InChI=1S/C17H25NO/c1-12-10-14(12)11-18(2)16-9-5-7-13-6-3-4-8-15(13)17(16)19/h3-4,6,8,12,14,16-17,19H,5,7,9-11H2,1-2H3. The molecule has 2 heteroatoms. The molecule has 1 fully saturated rings. The van der Waals surface area contributed by atoms with Gasteiger partial charge in [-0.3, -0.25) is 0 Å². The molecule has 1 saturated carbocycles. The van der Waals surface area contributed by atoms with Gasteiger partial charge < -0.3 is 10.0 Å². The maximum Gasteiger partial charge on any atom is 0.0947 e. The quantitative estimate of drug-likeness (QED) is 0.844. The molecule has 2 nitrogen and oxygen atoms in total. The van der Waals surface area contributed by atoms with Crippen LogP contribution in [0.25, 0.3) is 0 Å². The van der Waals surface area contributed by atoms with Gasteiger partial charge in [-0.25, -0.2) is 0 Å². The Bertz CT molecular complexity index is 445. The molecular formula is C17H25NO. The second-order valence-corrected chi connectivity index (χ2v) is 6.52. The zero-order valence-electron chi connectivity index (χ0n) is 12.0. The van der Waals surface area contributed by atoms with Gasteiger partial charge in [0.25, 0.3) is 0 Å². The summed E-state index contributed by atoms with van der Waals surface area (Å²) >= 11 is 0. The number of hydrogen-bond acceptors (Lipinski definition) is 2. The number of aliphatic hydroxyl groups excluding tert-OH is 1. The van der Waals surface area contributed by atoms with Gasteiger partial charge in [0.15, 0.2) is 0 Å². The van der Waals surface area contributed by atoms with Crippen LogP contribution < -0.4 is 0 Å². The molecule has 0 bridgehead atoms. The highest BCUT2D eigenvalue weighted by Gasteiger charge is 2.36. The van der Waals surface area contributed by atoms with Crippen molar-refractivity contribution in [3.8, 4) is 0 Å². The van der Waals surface area contributed by atoms with Crippen molar-refractivity contribution >= 4 is 0 Å². The number of aryl methyl sites for hydroxylation is 1. The van der Waals surface area contributed by atoms with Crippen molar-refractivity contribution in [2.24, 2.45) is 11.8 Å². The molecule has 0 amide bonds. The molecule has 0 saturated heterocycles. The van der Waals surface area contributed by atoms with E-state index in [1.54, 1.807) is 0 Å². The zero-order valence-corrected chi connectivity index (χ0v) is 12.0. The van der Waals surface area contributed by atoms with E-state index in [-0.39, 0.29) is 12.1 Å². The summed E-state index contributed by atoms with van der Waals surface area (Å²) in [4.78, 5) is 2.40. The fraction of sp³-hybridized carbons (Fsp3) is 0.647. The van der Waals surface area contributed by atoms with Crippen LogP contribution in [0.3, 0.4) is 0 Å². The second kappa shape index (κ2) is 5.26. The fourth-order valence-corrected chi connectivity index (χ4v) is 3.54. The minimum absolute atomic E-state index is 0.288. The van der Waals surface area contributed by atoms with Crippen molar-refractivity contribution < 1.29 is 5.11 Å². The largest absolute Gasteiger partial charge is 0.387 e. The van der Waals surface area contributed by atoms with Gasteiger partial charge in [-0.05, 0) is 55.7 Å². The number of benzene rings is 1. The van der Waals surface area contributed by atoms with Crippen LogP contribution in [-0.2, 0) is 6.42 Å². The third kappa shape index (κ3) is 2.70. The lowest BCUT2D eigenvalue weighted by molar-refractivity contribution is 0.0563. The molecule has 2 aliphatic carbocycles. The topological polar surface area (TPSA) is 23.5 Å².